The van der Waals surface area contributed by atoms with Crippen molar-refractivity contribution in [2.24, 2.45) is 0 Å². The van der Waals surface area contributed by atoms with Crippen molar-refractivity contribution in [2.45, 2.75) is 51.2 Å². The van der Waals surface area contributed by atoms with Crippen LogP contribution in [0.5, 0.6) is 5.75 Å². The third-order valence-corrected chi connectivity index (χ3v) is 5.43. The number of likely N-dealkylation sites (N-methyl/N-ethyl adjacent to an activating group) is 2. The highest BCUT2D eigenvalue weighted by Gasteiger charge is 2.26. The average molecular weight is 389 g/mol. The Morgan fingerprint density at radius 1 is 1.21 bits per heavy atom. The number of benzene rings is 1. The van der Waals surface area contributed by atoms with Crippen LogP contribution in [0.15, 0.2) is 24.3 Å². The van der Waals surface area contributed by atoms with Gasteiger partial charge in [-0.25, -0.2) is 4.79 Å². The highest BCUT2D eigenvalue weighted by Crippen LogP contribution is 2.32. The van der Waals surface area contributed by atoms with E-state index >= 15 is 0 Å². The number of urea groups is 1. The number of nitrogens with one attached hydrogen (secondary N) is 2. The van der Waals surface area contributed by atoms with Crippen LogP contribution in [0.3, 0.4) is 0 Å². The number of para-hydroxylation sites is 2. The third-order valence-electron chi connectivity index (χ3n) is 5.43. The molecule has 154 valence electrons. The van der Waals surface area contributed by atoms with Gasteiger partial charge in [0, 0.05) is 19.1 Å². The number of nitrogens with zero attached hydrogens (tertiary/aromatic N) is 2. The van der Waals surface area contributed by atoms with E-state index in [4.69, 9.17) is 4.74 Å². The number of rotatable bonds is 6. The molecular formula is C21H32N4O3. The number of ether oxygens (including phenoxy) is 1. The van der Waals surface area contributed by atoms with Crippen LogP contribution in [0.25, 0.3) is 0 Å². The van der Waals surface area contributed by atoms with Crippen molar-refractivity contribution in [3.05, 3.63) is 24.3 Å². The minimum atomic E-state index is -0.384. The summed E-state index contributed by atoms with van der Waals surface area (Å²) >= 11 is 0. The number of anilines is 1. The summed E-state index contributed by atoms with van der Waals surface area (Å²) in [4.78, 5) is 28.4. The van der Waals surface area contributed by atoms with Gasteiger partial charge in [0.05, 0.1) is 18.8 Å². The summed E-state index contributed by atoms with van der Waals surface area (Å²) in [6, 6.07) is 7.83. The standard InChI is InChI=1S/C21H32N4O3/c1-3-25-14-17(28-19-12-8-7-11-18(19)25)13-24(2)15-20(26)23-21(27)22-16-9-5-4-6-10-16/h7-8,11-12,16-17H,3-6,9-10,13-15H2,1-2H3,(H2,22,23,26,27). The predicted molar refractivity (Wildman–Crippen MR) is 110 cm³/mol. The normalized spacial score (nSPS) is 19.7. The van der Waals surface area contributed by atoms with Crippen molar-refractivity contribution in [3.8, 4) is 5.75 Å². The molecule has 1 aliphatic carbocycles. The van der Waals surface area contributed by atoms with Crippen LogP contribution >= 0.6 is 0 Å². The molecule has 3 amide bonds. The van der Waals surface area contributed by atoms with Crippen molar-refractivity contribution in [2.75, 3.05) is 38.1 Å². The van der Waals surface area contributed by atoms with Crippen molar-refractivity contribution in [1.82, 2.24) is 15.5 Å². The number of hydrogen-bond acceptors (Lipinski definition) is 5. The highest BCUT2D eigenvalue weighted by molar-refractivity contribution is 5.95. The van der Waals surface area contributed by atoms with Gasteiger partial charge in [-0.05, 0) is 38.9 Å². The van der Waals surface area contributed by atoms with E-state index in [1.54, 1.807) is 0 Å². The Morgan fingerprint density at radius 3 is 2.71 bits per heavy atom. The second-order valence-corrected chi connectivity index (χ2v) is 7.80. The molecular weight excluding hydrogens is 356 g/mol. The first-order valence-corrected chi connectivity index (χ1v) is 10.3. The molecule has 3 rings (SSSR count). The average Bonchev–Trinajstić information content (AvgIpc) is 2.67. The van der Waals surface area contributed by atoms with Crippen LogP contribution in [0.1, 0.15) is 39.0 Å². The Kier molecular flexibility index (Phi) is 7.14. The summed E-state index contributed by atoms with van der Waals surface area (Å²) in [5.74, 6) is 0.588. The van der Waals surface area contributed by atoms with Gasteiger partial charge in [0.2, 0.25) is 5.91 Å². The fraction of sp³-hybridized carbons (Fsp3) is 0.619. The SMILES string of the molecule is CCN1CC(CN(C)CC(=O)NC(=O)NC2CCCCC2)Oc2ccccc21. The fourth-order valence-corrected chi connectivity index (χ4v) is 4.07. The fourth-order valence-electron chi connectivity index (χ4n) is 4.07. The van der Waals surface area contributed by atoms with Crippen LogP contribution in [-0.4, -0.2) is 62.2 Å². The largest absolute Gasteiger partial charge is 0.485 e. The Hall–Kier alpha value is -2.28. The first kappa shape index (κ1) is 20.5. The molecule has 1 saturated carbocycles. The molecule has 1 aromatic carbocycles. The molecule has 0 radical (unpaired) electrons. The minimum absolute atomic E-state index is 0.0243. The van der Waals surface area contributed by atoms with Crippen LogP contribution in [-0.2, 0) is 4.79 Å². The van der Waals surface area contributed by atoms with Gasteiger partial charge < -0.3 is 15.0 Å². The van der Waals surface area contributed by atoms with E-state index < -0.39 is 0 Å². The Labute approximate surface area is 167 Å². The molecule has 1 heterocycles. The molecule has 7 nitrogen and oxygen atoms in total. The monoisotopic (exact) mass is 388 g/mol. The lowest BCUT2D eigenvalue weighted by Gasteiger charge is -2.37. The van der Waals surface area contributed by atoms with Crippen LogP contribution in [0.4, 0.5) is 10.5 Å². The third kappa shape index (κ3) is 5.61. The van der Waals surface area contributed by atoms with Crippen molar-refractivity contribution in [3.63, 3.8) is 0 Å². The van der Waals surface area contributed by atoms with E-state index in [0.717, 1.165) is 50.2 Å². The molecule has 0 saturated heterocycles. The molecule has 1 aliphatic heterocycles. The second-order valence-electron chi connectivity index (χ2n) is 7.80. The summed E-state index contributed by atoms with van der Waals surface area (Å²) in [6.45, 7) is 4.58. The first-order chi connectivity index (χ1) is 13.5. The van der Waals surface area contributed by atoms with Gasteiger partial charge in [0.1, 0.15) is 11.9 Å². The van der Waals surface area contributed by atoms with E-state index in [9.17, 15) is 9.59 Å². The van der Waals surface area contributed by atoms with Gasteiger partial charge in [0.25, 0.3) is 0 Å². The van der Waals surface area contributed by atoms with E-state index in [1.165, 1.54) is 6.42 Å². The zero-order chi connectivity index (χ0) is 19.9. The molecule has 7 heteroatoms. The molecule has 0 bridgehead atoms. The number of carbonyl (C=O) groups is 2. The van der Waals surface area contributed by atoms with Crippen molar-refractivity contribution >= 4 is 17.6 Å². The first-order valence-electron chi connectivity index (χ1n) is 10.3. The summed E-state index contributed by atoms with van der Waals surface area (Å²) in [5, 5.41) is 5.36. The quantitative estimate of drug-likeness (QED) is 0.783. The maximum absolute atomic E-state index is 12.2. The Bertz CT molecular complexity index is 675. The van der Waals surface area contributed by atoms with Crippen molar-refractivity contribution < 1.29 is 14.3 Å². The maximum atomic E-state index is 12.2. The van der Waals surface area contributed by atoms with E-state index in [-0.39, 0.29) is 30.6 Å². The Morgan fingerprint density at radius 2 is 1.96 bits per heavy atom. The summed E-state index contributed by atoms with van der Waals surface area (Å²) in [6.07, 6.45) is 5.48. The zero-order valence-corrected chi connectivity index (χ0v) is 16.9. The zero-order valence-electron chi connectivity index (χ0n) is 16.9. The second kappa shape index (κ2) is 9.78. The number of carbonyl (C=O) groups excluding carboxylic acids is 2. The van der Waals surface area contributed by atoms with E-state index in [2.05, 4.69) is 28.5 Å². The number of imide groups is 1. The molecule has 1 atom stereocenters. The summed E-state index contributed by atoms with van der Waals surface area (Å²) in [5.41, 5.74) is 1.11. The highest BCUT2D eigenvalue weighted by atomic mass is 16.5. The minimum Gasteiger partial charge on any atom is -0.485 e. The van der Waals surface area contributed by atoms with Gasteiger partial charge in [0.15, 0.2) is 0 Å². The van der Waals surface area contributed by atoms with Gasteiger partial charge >= 0.3 is 6.03 Å². The van der Waals surface area contributed by atoms with Crippen LogP contribution in [0.2, 0.25) is 0 Å². The lowest BCUT2D eigenvalue weighted by Crippen LogP contribution is -2.50. The van der Waals surface area contributed by atoms with Gasteiger partial charge in [-0.2, -0.15) is 0 Å². The molecule has 2 N–H and O–H groups in total. The van der Waals surface area contributed by atoms with E-state index in [1.807, 2.05) is 30.1 Å². The molecule has 28 heavy (non-hydrogen) atoms. The molecule has 2 aliphatic rings. The predicted octanol–water partition coefficient (Wildman–Crippen LogP) is 2.36. The van der Waals surface area contributed by atoms with Crippen LogP contribution < -0.4 is 20.3 Å². The molecule has 0 aromatic heterocycles. The van der Waals surface area contributed by atoms with E-state index in [0.29, 0.717) is 6.54 Å². The van der Waals surface area contributed by atoms with Crippen molar-refractivity contribution in [1.29, 1.82) is 0 Å². The molecule has 0 spiro atoms. The summed E-state index contributed by atoms with van der Waals surface area (Å²) < 4.78 is 6.10. The van der Waals surface area contributed by atoms with Gasteiger partial charge in [-0.15, -0.1) is 0 Å². The smallest absolute Gasteiger partial charge is 0.321 e. The van der Waals surface area contributed by atoms with Gasteiger partial charge in [-0.3, -0.25) is 15.0 Å². The molecule has 1 aromatic rings. The lowest BCUT2D eigenvalue weighted by atomic mass is 9.96. The maximum Gasteiger partial charge on any atom is 0.321 e. The van der Waals surface area contributed by atoms with Gasteiger partial charge in [-0.1, -0.05) is 31.4 Å². The number of amides is 3. The topological polar surface area (TPSA) is 73.9 Å². The molecule has 1 unspecified atom stereocenters. The lowest BCUT2D eigenvalue weighted by molar-refractivity contribution is -0.121. The Balaban J connectivity index is 1.44. The number of hydrogen-bond donors (Lipinski definition) is 2. The number of fused-ring (bicyclic) bond motifs is 1. The summed E-state index contributed by atoms with van der Waals surface area (Å²) in [7, 11) is 1.87. The van der Waals surface area contributed by atoms with Crippen LogP contribution in [0, 0.1) is 0 Å². The molecule has 1 fully saturated rings.